The van der Waals surface area contributed by atoms with Gasteiger partial charge in [-0.05, 0) is 18.6 Å². The predicted octanol–water partition coefficient (Wildman–Crippen LogP) is 4.09. The van der Waals surface area contributed by atoms with Crippen molar-refractivity contribution in [2.45, 2.75) is 18.2 Å². The topological polar surface area (TPSA) is 26.3 Å². The molecule has 0 amide bonds. The molecule has 0 aromatic heterocycles. The zero-order valence-electron chi connectivity index (χ0n) is 10.8. The molecule has 1 aromatic carbocycles. The van der Waals surface area contributed by atoms with Gasteiger partial charge in [0, 0.05) is 10.6 Å². The summed E-state index contributed by atoms with van der Waals surface area (Å²) in [5.74, 6) is 0.551. The van der Waals surface area contributed by atoms with Crippen molar-refractivity contribution in [3.8, 4) is 0 Å². The highest BCUT2D eigenvalue weighted by molar-refractivity contribution is 7.99. The minimum atomic E-state index is -0.284. The molecule has 0 aliphatic carbocycles. The third-order valence-corrected chi connectivity index (χ3v) is 3.27. The molecule has 0 aliphatic rings. The van der Waals surface area contributed by atoms with Crippen LogP contribution in [-0.2, 0) is 4.74 Å². The van der Waals surface area contributed by atoms with Crippen molar-refractivity contribution in [3.05, 3.63) is 54.1 Å². The van der Waals surface area contributed by atoms with Crippen molar-refractivity contribution in [2.75, 3.05) is 12.9 Å². The van der Waals surface area contributed by atoms with Crippen LogP contribution in [0.25, 0.3) is 0 Å². The molecule has 0 saturated carbocycles. The zero-order chi connectivity index (χ0) is 13.2. The summed E-state index contributed by atoms with van der Waals surface area (Å²) >= 11 is 1.63. The summed E-state index contributed by atoms with van der Waals surface area (Å²) in [5, 5.41) is 0. The molecule has 1 aromatic rings. The van der Waals surface area contributed by atoms with E-state index in [1.54, 1.807) is 17.8 Å². The molecule has 0 heterocycles. The number of hydrogen-bond acceptors (Lipinski definition) is 3. The van der Waals surface area contributed by atoms with Gasteiger partial charge < -0.3 is 4.74 Å². The van der Waals surface area contributed by atoms with Crippen LogP contribution in [0.5, 0.6) is 0 Å². The first-order chi connectivity index (χ1) is 8.79. The molecular weight excluding hydrogens is 244 g/mol. The van der Waals surface area contributed by atoms with Crippen LogP contribution in [0.1, 0.15) is 23.7 Å². The predicted molar refractivity (Wildman–Crippen MR) is 77.1 cm³/mol. The lowest BCUT2D eigenvalue weighted by Gasteiger charge is -2.05. The molecule has 0 atom stereocenters. The van der Waals surface area contributed by atoms with Gasteiger partial charge in [-0.25, -0.2) is 4.79 Å². The first-order valence-corrected chi connectivity index (χ1v) is 6.90. The number of esters is 1. The fourth-order valence-electron chi connectivity index (χ4n) is 1.36. The molecule has 0 aliphatic heterocycles. The van der Waals surface area contributed by atoms with E-state index in [9.17, 15) is 4.79 Å². The third-order valence-electron chi connectivity index (χ3n) is 2.25. The van der Waals surface area contributed by atoms with Crippen molar-refractivity contribution in [1.29, 1.82) is 0 Å². The minimum Gasteiger partial charge on any atom is -0.465 e. The number of methoxy groups -OCH3 is 1. The van der Waals surface area contributed by atoms with Crippen molar-refractivity contribution in [2.24, 2.45) is 0 Å². The largest absolute Gasteiger partial charge is 0.465 e. The van der Waals surface area contributed by atoms with E-state index in [0.717, 1.165) is 17.1 Å². The van der Waals surface area contributed by atoms with E-state index < -0.39 is 0 Å². The van der Waals surface area contributed by atoms with Gasteiger partial charge in [-0.1, -0.05) is 43.4 Å². The highest BCUT2D eigenvalue weighted by atomic mass is 32.2. The van der Waals surface area contributed by atoms with Gasteiger partial charge >= 0.3 is 5.97 Å². The Labute approximate surface area is 113 Å². The number of thioether (sulfide) groups is 1. The number of allylic oxidation sites excluding steroid dienone is 3. The fraction of sp³-hybridized carbons (Fsp3) is 0.267. The zero-order valence-corrected chi connectivity index (χ0v) is 11.6. The molecule has 1 rings (SSSR count). The number of carbonyl (C=O) groups is 1. The summed E-state index contributed by atoms with van der Waals surface area (Å²) < 4.78 is 4.75. The molecule has 3 heteroatoms. The van der Waals surface area contributed by atoms with E-state index in [-0.39, 0.29) is 5.97 Å². The van der Waals surface area contributed by atoms with Crippen molar-refractivity contribution in [3.63, 3.8) is 0 Å². The van der Waals surface area contributed by atoms with Crippen LogP contribution >= 0.6 is 11.8 Å². The normalized spacial score (nSPS) is 11.2. The van der Waals surface area contributed by atoms with Gasteiger partial charge in [0.05, 0.1) is 12.7 Å². The van der Waals surface area contributed by atoms with Crippen LogP contribution in [0, 0.1) is 0 Å². The summed E-state index contributed by atoms with van der Waals surface area (Å²) in [7, 11) is 1.40. The van der Waals surface area contributed by atoms with Gasteiger partial charge in [-0.15, -0.1) is 11.8 Å². The fourth-order valence-corrected chi connectivity index (χ4v) is 2.23. The number of benzene rings is 1. The van der Waals surface area contributed by atoms with Crippen LogP contribution in [0.4, 0.5) is 0 Å². The Kier molecular flexibility index (Phi) is 6.96. The van der Waals surface area contributed by atoms with Gasteiger partial charge in [0.25, 0.3) is 0 Å². The van der Waals surface area contributed by atoms with Crippen LogP contribution in [0.15, 0.2) is 53.5 Å². The number of carbonyl (C=O) groups excluding carboxylic acids is 1. The van der Waals surface area contributed by atoms with Crippen molar-refractivity contribution >= 4 is 17.7 Å². The van der Waals surface area contributed by atoms with E-state index in [1.807, 2.05) is 30.4 Å². The first-order valence-electron chi connectivity index (χ1n) is 5.91. The molecule has 0 unspecified atom stereocenters. The highest BCUT2D eigenvalue weighted by Gasteiger charge is 2.10. The molecule has 0 bridgehead atoms. The van der Waals surface area contributed by atoms with Gasteiger partial charge in [0.15, 0.2) is 0 Å². The molecule has 96 valence electrons. The lowest BCUT2D eigenvalue weighted by molar-refractivity contribution is 0.0597. The Bertz CT molecular complexity index is 436. The van der Waals surface area contributed by atoms with Gasteiger partial charge in [-0.3, -0.25) is 0 Å². The standard InChI is InChI=1S/C15H18O2S/c1-3-4-5-6-9-12-18-14-11-8-7-10-13(14)15(16)17-2/h4-11H,3,12H2,1-2H3/b5-4-,9-6-. The summed E-state index contributed by atoms with van der Waals surface area (Å²) in [6, 6.07) is 7.49. The number of rotatable bonds is 6. The molecular formula is C15H18O2S. The molecule has 0 fully saturated rings. The van der Waals surface area contributed by atoms with E-state index in [1.165, 1.54) is 7.11 Å². The Morgan fingerprint density at radius 3 is 2.72 bits per heavy atom. The maximum absolute atomic E-state index is 11.5. The molecule has 0 spiro atoms. The van der Waals surface area contributed by atoms with E-state index >= 15 is 0 Å². The van der Waals surface area contributed by atoms with Gasteiger partial charge in [-0.2, -0.15) is 0 Å². The monoisotopic (exact) mass is 262 g/mol. The van der Waals surface area contributed by atoms with Gasteiger partial charge in [0.1, 0.15) is 0 Å². The third kappa shape index (κ3) is 4.80. The second kappa shape index (κ2) is 8.59. The summed E-state index contributed by atoms with van der Waals surface area (Å²) in [6.45, 7) is 2.10. The number of hydrogen-bond donors (Lipinski definition) is 0. The lowest BCUT2D eigenvalue weighted by atomic mass is 10.2. The summed E-state index contributed by atoms with van der Waals surface area (Å²) in [5.41, 5.74) is 0.627. The van der Waals surface area contributed by atoms with Crippen LogP contribution in [0.3, 0.4) is 0 Å². The van der Waals surface area contributed by atoms with E-state index in [4.69, 9.17) is 4.74 Å². The van der Waals surface area contributed by atoms with E-state index in [2.05, 4.69) is 19.1 Å². The maximum Gasteiger partial charge on any atom is 0.338 e. The minimum absolute atomic E-state index is 0.284. The van der Waals surface area contributed by atoms with E-state index in [0.29, 0.717) is 5.56 Å². The summed E-state index contributed by atoms with van der Waals surface area (Å²) in [4.78, 5) is 12.5. The second-order valence-corrected chi connectivity index (χ2v) is 4.63. The molecule has 0 N–H and O–H groups in total. The number of ether oxygens (including phenoxy) is 1. The van der Waals surface area contributed by atoms with Crippen molar-refractivity contribution in [1.82, 2.24) is 0 Å². The summed E-state index contributed by atoms with van der Waals surface area (Å²) in [6.07, 6.45) is 9.28. The lowest BCUT2D eigenvalue weighted by Crippen LogP contribution is -2.02. The average Bonchev–Trinajstić information content (AvgIpc) is 2.42. The molecule has 2 nitrogen and oxygen atoms in total. The highest BCUT2D eigenvalue weighted by Crippen LogP contribution is 2.23. The van der Waals surface area contributed by atoms with Gasteiger partial charge in [0.2, 0.25) is 0 Å². The SMILES string of the molecule is CC/C=C\C=C/CSc1ccccc1C(=O)OC. The smallest absolute Gasteiger partial charge is 0.338 e. The van der Waals surface area contributed by atoms with Crippen LogP contribution in [-0.4, -0.2) is 18.8 Å². The van der Waals surface area contributed by atoms with Crippen molar-refractivity contribution < 1.29 is 9.53 Å². The molecule has 18 heavy (non-hydrogen) atoms. The molecule has 0 radical (unpaired) electrons. The first kappa shape index (κ1) is 14.6. The average molecular weight is 262 g/mol. The van der Waals surface area contributed by atoms with Crippen LogP contribution in [0.2, 0.25) is 0 Å². The van der Waals surface area contributed by atoms with Crippen LogP contribution < -0.4 is 0 Å². The Hall–Kier alpha value is -1.48. The Morgan fingerprint density at radius 1 is 1.28 bits per heavy atom. The molecule has 0 saturated heterocycles. The Morgan fingerprint density at radius 2 is 2.00 bits per heavy atom. The Balaban J connectivity index is 2.59. The maximum atomic E-state index is 11.5. The second-order valence-electron chi connectivity index (χ2n) is 3.56. The quantitative estimate of drug-likeness (QED) is 0.439.